The van der Waals surface area contributed by atoms with Gasteiger partial charge >= 0.3 is 0 Å². The predicted octanol–water partition coefficient (Wildman–Crippen LogP) is 2.40. The molecule has 1 aromatic carbocycles. The second-order valence-corrected chi connectivity index (χ2v) is 5.73. The summed E-state index contributed by atoms with van der Waals surface area (Å²) >= 11 is 3.36. The minimum Gasteiger partial charge on any atom is -0.354 e. The van der Waals surface area contributed by atoms with Crippen molar-refractivity contribution < 1.29 is 4.79 Å². The van der Waals surface area contributed by atoms with Crippen molar-refractivity contribution >= 4 is 21.8 Å². The highest BCUT2D eigenvalue weighted by molar-refractivity contribution is 9.10. The molecule has 0 aliphatic rings. The molecule has 0 spiro atoms. The van der Waals surface area contributed by atoms with Gasteiger partial charge in [-0.3, -0.25) is 4.79 Å². The van der Waals surface area contributed by atoms with Crippen LogP contribution in [-0.4, -0.2) is 12.5 Å². The molecule has 4 heteroatoms. The Labute approximate surface area is 111 Å². The topological polar surface area (TPSA) is 55.1 Å². The first-order valence-electron chi connectivity index (χ1n) is 5.67. The zero-order valence-electron chi connectivity index (χ0n) is 10.5. The zero-order valence-corrected chi connectivity index (χ0v) is 12.0. The van der Waals surface area contributed by atoms with Crippen LogP contribution < -0.4 is 11.1 Å². The molecule has 0 saturated heterocycles. The molecule has 1 rings (SSSR count). The molecule has 0 saturated carbocycles. The summed E-state index contributed by atoms with van der Waals surface area (Å²) in [5.74, 6) is 0.271. The number of carbonyl (C=O) groups excluding carboxylic acids is 1. The second kappa shape index (κ2) is 5.65. The van der Waals surface area contributed by atoms with Gasteiger partial charge in [-0.15, -0.1) is 0 Å². The van der Waals surface area contributed by atoms with E-state index in [0.717, 1.165) is 10.0 Å². The maximum Gasteiger partial charge on any atom is 0.244 e. The average molecular weight is 299 g/mol. The van der Waals surface area contributed by atoms with Crippen molar-refractivity contribution in [1.29, 1.82) is 0 Å². The Balaban J connectivity index is 2.79. The highest BCUT2D eigenvalue weighted by Crippen LogP contribution is 2.20. The van der Waals surface area contributed by atoms with Gasteiger partial charge in [-0.1, -0.05) is 41.9 Å². The van der Waals surface area contributed by atoms with Gasteiger partial charge in [0.05, 0.1) is 0 Å². The molecule has 1 atom stereocenters. The number of halogens is 1. The molecule has 1 unspecified atom stereocenters. The minimum absolute atomic E-state index is 0.145. The molecule has 0 aromatic heterocycles. The van der Waals surface area contributed by atoms with Crippen molar-refractivity contribution in [2.45, 2.75) is 26.3 Å². The maximum absolute atomic E-state index is 12.0. The molecule has 0 fully saturated rings. The third-order valence-corrected chi connectivity index (χ3v) is 3.12. The Bertz CT molecular complexity index is 385. The van der Waals surface area contributed by atoms with E-state index in [1.165, 1.54) is 0 Å². The van der Waals surface area contributed by atoms with Crippen molar-refractivity contribution in [2.24, 2.45) is 11.7 Å². The van der Waals surface area contributed by atoms with E-state index in [0.29, 0.717) is 12.5 Å². The molecule has 3 nitrogen and oxygen atoms in total. The van der Waals surface area contributed by atoms with E-state index in [2.05, 4.69) is 21.2 Å². The van der Waals surface area contributed by atoms with Crippen molar-refractivity contribution in [3.05, 3.63) is 34.3 Å². The van der Waals surface area contributed by atoms with E-state index >= 15 is 0 Å². The van der Waals surface area contributed by atoms with Crippen LogP contribution in [0.2, 0.25) is 0 Å². The average Bonchev–Trinajstić information content (AvgIpc) is 2.26. The van der Waals surface area contributed by atoms with Crippen LogP contribution in [-0.2, 0) is 10.3 Å². The van der Waals surface area contributed by atoms with Gasteiger partial charge in [-0.2, -0.15) is 0 Å². The third-order valence-electron chi connectivity index (χ3n) is 2.59. The van der Waals surface area contributed by atoms with Crippen LogP contribution in [0.25, 0.3) is 0 Å². The molecular formula is C13H19BrN2O. The maximum atomic E-state index is 12.0. The lowest BCUT2D eigenvalue weighted by Crippen LogP contribution is -2.49. The van der Waals surface area contributed by atoms with Gasteiger partial charge in [-0.05, 0) is 30.5 Å². The molecule has 3 N–H and O–H groups in total. The third kappa shape index (κ3) is 3.82. The second-order valence-electron chi connectivity index (χ2n) is 4.81. The van der Waals surface area contributed by atoms with Crippen LogP contribution in [0.1, 0.15) is 26.3 Å². The smallest absolute Gasteiger partial charge is 0.244 e. The van der Waals surface area contributed by atoms with Gasteiger partial charge in [0.25, 0.3) is 0 Å². The number of carbonyl (C=O) groups is 1. The van der Waals surface area contributed by atoms with E-state index in [1.807, 2.05) is 38.1 Å². The van der Waals surface area contributed by atoms with Crippen LogP contribution in [0, 0.1) is 5.92 Å². The molecule has 94 valence electrons. The van der Waals surface area contributed by atoms with E-state index in [-0.39, 0.29) is 5.91 Å². The molecule has 0 bridgehead atoms. The Hall–Kier alpha value is -0.870. The van der Waals surface area contributed by atoms with E-state index < -0.39 is 5.54 Å². The van der Waals surface area contributed by atoms with Crippen LogP contribution in [0.5, 0.6) is 0 Å². The summed E-state index contributed by atoms with van der Waals surface area (Å²) in [6, 6.07) is 7.49. The van der Waals surface area contributed by atoms with Gasteiger partial charge < -0.3 is 11.1 Å². The van der Waals surface area contributed by atoms with Crippen LogP contribution >= 0.6 is 15.9 Å². The standard InChI is InChI=1S/C13H19BrN2O/c1-9(2)8-16-12(17)13(3,15)10-4-6-11(14)7-5-10/h4-7,9H,8,15H2,1-3H3,(H,16,17). The lowest BCUT2D eigenvalue weighted by molar-refractivity contribution is -0.126. The van der Waals surface area contributed by atoms with Crippen LogP contribution in [0.4, 0.5) is 0 Å². The first-order chi connectivity index (χ1) is 7.84. The van der Waals surface area contributed by atoms with E-state index in [1.54, 1.807) is 6.92 Å². The first kappa shape index (κ1) is 14.2. The number of hydrogen-bond acceptors (Lipinski definition) is 2. The molecular weight excluding hydrogens is 280 g/mol. The molecule has 0 aliphatic heterocycles. The van der Waals surface area contributed by atoms with Crippen LogP contribution in [0.15, 0.2) is 28.7 Å². The van der Waals surface area contributed by atoms with Crippen molar-refractivity contribution in [3.8, 4) is 0 Å². The number of rotatable bonds is 4. The number of hydrogen-bond donors (Lipinski definition) is 2. The largest absolute Gasteiger partial charge is 0.354 e. The Morgan fingerprint density at radius 2 is 1.94 bits per heavy atom. The highest BCUT2D eigenvalue weighted by Gasteiger charge is 2.30. The van der Waals surface area contributed by atoms with E-state index in [9.17, 15) is 4.79 Å². The number of amides is 1. The SMILES string of the molecule is CC(C)CNC(=O)C(C)(N)c1ccc(Br)cc1. The summed E-state index contributed by atoms with van der Waals surface area (Å²) in [5, 5.41) is 2.86. The number of nitrogens with one attached hydrogen (secondary N) is 1. The number of nitrogens with two attached hydrogens (primary N) is 1. The Morgan fingerprint density at radius 3 is 2.41 bits per heavy atom. The number of benzene rings is 1. The first-order valence-corrected chi connectivity index (χ1v) is 6.46. The summed E-state index contributed by atoms with van der Waals surface area (Å²) in [6.07, 6.45) is 0. The van der Waals surface area contributed by atoms with Gasteiger partial charge in [0, 0.05) is 11.0 Å². The molecule has 17 heavy (non-hydrogen) atoms. The zero-order chi connectivity index (χ0) is 13.1. The molecule has 0 aliphatic carbocycles. The minimum atomic E-state index is -0.990. The van der Waals surface area contributed by atoms with Gasteiger partial charge in [0.2, 0.25) is 5.91 Å². The molecule has 1 aromatic rings. The van der Waals surface area contributed by atoms with Crippen molar-refractivity contribution in [3.63, 3.8) is 0 Å². The van der Waals surface area contributed by atoms with Crippen molar-refractivity contribution in [1.82, 2.24) is 5.32 Å². The van der Waals surface area contributed by atoms with Crippen LogP contribution in [0.3, 0.4) is 0 Å². The summed E-state index contributed by atoms with van der Waals surface area (Å²) in [7, 11) is 0. The molecule has 1 amide bonds. The van der Waals surface area contributed by atoms with Crippen molar-refractivity contribution in [2.75, 3.05) is 6.54 Å². The fraction of sp³-hybridized carbons (Fsp3) is 0.462. The van der Waals surface area contributed by atoms with Gasteiger partial charge in [0.15, 0.2) is 0 Å². The normalized spacial score (nSPS) is 14.5. The summed E-state index contributed by atoms with van der Waals surface area (Å²) in [4.78, 5) is 12.0. The Morgan fingerprint density at radius 1 is 1.41 bits per heavy atom. The molecule has 0 radical (unpaired) electrons. The van der Waals surface area contributed by atoms with Gasteiger partial charge in [0.1, 0.15) is 5.54 Å². The fourth-order valence-electron chi connectivity index (χ4n) is 1.41. The summed E-state index contributed by atoms with van der Waals surface area (Å²) in [6.45, 7) is 6.47. The monoisotopic (exact) mass is 298 g/mol. The summed E-state index contributed by atoms with van der Waals surface area (Å²) in [5.41, 5.74) is 5.91. The summed E-state index contributed by atoms with van der Waals surface area (Å²) < 4.78 is 0.972. The molecule has 0 heterocycles. The highest BCUT2D eigenvalue weighted by atomic mass is 79.9. The predicted molar refractivity (Wildman–Crippen MR) is 73.5 cm³/mol. The fourth-order valence-corrected chi connectivity index (χ4v) is 1.67. The Kier molecular flexibility index (Phi) is 4.71. The lowest BCUT2D eigenvalue weighted by atomic mass is 9.92. The van der Waals surface area contributed by atoms with Gasteiger partial charge in [-0.25, -0.2) is 0 Å². The van der Waals surface area contributed by atoms with E-state index in [4.69, 9.17) is 5.73 Å². The lowest BCUT2D eigenvalue weighted by Gasteiger charge is -2.24. The quantitative estimate of drug-likeness (QED) is 0.897.